The molecule has 1 N–H and O–H groups in total. The number of Topliss-reactive ketones (excluding diaryl/α,β-unsaturated/α-hetero) is 1. The van der Waals surface area contributed by atoms with Gasteiger partial charge in [0.15, 0.2) is 0 Å². The summed E-state index contributed by atoms with van der Waals surface area (Å²) in [7, 11) is 0. The van der Waals surface area contributed by atoms with E-state index < -0.39 is 0 Å². The van der Waals surface area contributed by atoms with Crippen LogP contribution in [0.4, 0.5) is 0 Å². The van der Waals surface area contributed by atoms with Crippen LogP contribution in [0.25, 0.3) is 0 Å². The molecule has 1 unspecified atom stereocenters. The Hall–Kier alpha value is -2.75. The Balaban J connectivity index is 1.45. The van der Waals surface area contributed by atoms with Gasteiger partial charge in [-0.2, -0.15) is 0 Å². The number of nitrogens with zero attached hydrogens (tertiary/aromatic N) is 3. The molecule has 0 radical (unpaired) electrons. The molecule has 1 aliphatic carbocycles. The third kappa shape index (κ3) is 15.4. The van der Waals surface area contributed by atoms with Gasteiger partial charge in [0.25, 0.3) is 0 Å². The first-order chi connectivity index (χ1) is 21.8. The number of hydrogen-bond donors (Lipinski definition) is 1. The monoisotopic (exact) mass is 624 g/mol. The molecule has 2 aromatic heterocycles. The highest BCUT2D eigenvalue weighted by atomic mass is 16.5. The van der Waals surface area contributed by atoms with Crippen molar-refractivity contribution in [1.29, 1.82) is 0 Å². The maximum Gasteiger partial charge on any atom is 0.222 e. The fourth-order valence-corrected chi connectivity index (χ4v) is 5.66. The summed E-state index contributed by atoms with van der Waals surface area (Å²) in [5, 5.41) is 3.26. The number of pyridine rings is 1. The molecule has 9 nitrogen and oxygen atoms in total. The Morgan fingerprint density at radius 3 is 2.27 bits per heavy atom. The van der Waals surface area contributed by atoms with Crippen LogP contribution in [0, 0.1) is 12.8 Å². The molecule has 0 saturated heterocycles. The Morgan fingerprint density at radius 2 is 1.56 bits per heavy atom. The number of carbonyl (C=O) groups is 2. The van der Waals surface area contributed by atoms with Gasteiger partial charge >= 0.3 is 0 Å². The summed E-state index contributed by atoms with van der Waals surface area (Å²) in [6.07, 6.45) is 14.3. The summed E-state index contributed by atoms with van der Waals surface area (Å²) in [6.45, 7) is 11.0. The number of hydrogen-bond acceptors (Lipinski definition) is 8. The Morgan fingerprint density at radius 1 is 0.867 bits per heavy atom. The summed E-state index contributed by atoms with van der Waals surface area (Å²) in [6, 6.07) is 4.40. The second-order valence-corrected chi connectivity index (χ2v) is 12.8. The molecule has 0 aliphatic heterocycles. The molecule has 1 amide bonds. The number of nitrogens with one attached hydrogen (secondary N) is 1. The normalized spacial score (nSPS) is 14.2. The molecule has 0 saturated carbocycles. The Labute approximate surface area is 270 Å². The van der Waals surface area contributed by atoms with Gasteiger partial charge in [-0.05, 0) is 101 Å². The van der Waals surface area contributed by atoms with Gasteiger partial charge in [-0.3, -0.25) is 9.78 Å². The zero-order valence-electron chi connectivity index (χ0n) is 28.2. The molecule has 0 aromatic carbocycles. The predicted molar refractivity (Wildman–Crippen MR) is 176 cm³/mol. The molecule has 0 spiro atoms. The van der Waals surface area contributed by atoms with Gasteiger partial charge in [-0.15, -0.1) is 0 Å². The van der Waals surface area contributed by atoms with E-state index in [9.17, 15) is 9.59 Å². The summed E-state index contributed by atoms with van der Waals surface area (Å²) in [5.41, 5.74) is 4.71. The Kier molecular flexibility index (Phi) is 17.2. The average Bonchev–Trinajstić information content (AvgIpc) is 3.01. The SMILES string of the molecule is CC(=O)C[C@@H](CCCC(CCc1ccc2c(n1)CCCC2)NC(=O)CCOCCOCCOCCC(C)C)c1cnc(C)nc1. The first-order valence-electron chi connectivity index (χ1n) is 17.1. The van der Waals surface area contributed by atoms with Crippen LogP contribution in [0.5, 0.6) is 0 Å². The van der Waals surface area contributed by atoms with E-state index in [1.807, 2.05) is 19.3 Å². The van der Waals surface area contributed by atoms with Crippen LogP contribution in [0.15, 0.2) is 24.5 Å². The fraction of sp³-hybridized carbons (Fsp3) is 0.694. The van der Waals surface area contributed by atoms with Crippen molar-refractivity contribution in [2.45, 2.75) is 117 Å². The van der Waals surface area contributed by atoms with E-state index >= 15 is 0 Å². The molecule has 2 aromatic rings. The average molecular weight is 625 g/mol. The third-order valence-electron chi connectivity index (χ3n) is 8.32. The molecule has 2 heterocycles. The van der Waals surface area contributed by atoms with Crippen LogP contribution in [0.2, 0.25) is 0 Å². The predicted octanol–water partition coefficient (Wildman–Crippen LogP) is 5.90. The zero-order chi connectivity index (χ0) is 32.3. The van der Waals surface area contributed by atoms with Gasteiger partial charge in [-0.25, -0.2) is 9.97 Å². The van der Waals surface area contributed by atoms with Crippen LogP contribution < -0.4 is 5.32 Å². The number of ketones is 1. The van der Waals surface area contributed by atoms with E-state index in [4.69, 9.17) is 19.2 Å². The van der Waals surface area contributed by atoms with Gasteiger partial charge in [0.1, 0.15) is 11.6 Å². The smallest absolute Gasteiger partial charge is 0.222 e. The molecule has 250 valence electrons. The molecule has 0 fully saturated rings. The van der Waals surface area contributed by atoms with Crippen LogP contribution in [-0.2, 0) is 43.1 Å². The van der Waals surface area contributed by atoms with Crippen molar-refractivity contribution in [3.63, 3.8) is 0 Å². The number of aromatic nitrogens is 3. The molecule has 9 heteroatoms. The minimum atomic E-state index is -0.00917. The number of aryl methyl sites for hydroxylation is 4. The lowest BCUT2D eigenvalue weighted by atomic mass is 9.89. The van der Waals surface area contributed by atoms with Crippen molar-refractivity contribution >= 4 is 11.7 Å². The molecular formula is C36H56N4O5. The van der Waals surface area contributed by atoms with Crippen molar-refractivity contribution in [2.24, 2.45) is 5.92 Å². The molecular weight excluding hydrogens is 568 g/mol. The minimum Gasteiger partial charge on any atom is -0.379 e. The minimum absolute atomic E-state index is 0.00917. The second kappa shape index (κ2) is 21.1. The molecule has 3 rings (SSSR count). The quantitative estimate of drug-likeness (QED) is 0.152. The van der Waals surface area contributed by atoms with Crippen LogP contribution >= 0.6 is 0 Å². The van der Waals surface area contributed by atoms with E-state index in [2.05, 4.69) is 41.3 Å². The summed E-state index contributed by atoms with van der Waals surface area (Å²) in [4.78, 5) is 38.6. The maximum absolute atomic E-state index is 12.9. The second-order valence-electron chi connectivity index (χ2n) is 12.8. The summed E-state index contributed by atoms with van der Waals surface area (Å²) < 4.78 is 16.8. The number of amides is 1. The zero-order valence-corrected chi connectivity index (χ0v) is 28.2. The third-order valence-corrected chi connectivity index (χ3v) is 8.32. The Bertz CT molecular complexity index is 1140. The van der Waals surface area contributed by atoms with E-state index in [0.717, 1.165) is 75.1 Å². The van der Waals surface area contributed by atoms with E-state index in [1.165, 1.54) is 24.1 Å². The standard InChI is InChI=1S/C36H56N4O5/c1-27(2)16-18-43-20-22-45-23-21-44-19-17-36(42)40-33(14-15-34-13-12-30-8-5-6-11-35(30)39-34)10-7-9-31(24-28(3)41)32-25-37-29(4)38-26-32/h12-13,25-27,31,33H,5-11,14-24H2,1-4H3,(H,40,42)/t31-,33?/m1/s1. The number of rotatable bonds is 23. The van der Waals surface area contributed by atoms with Crippen molar-refractivity contribution < 1.29 is 23.8 Å². The van der Waals surface area contributed by atoms with Crippen molar-refractivity contribution in [3.8, 4) is 0 Å². The summed E-state index contributed by atoms with van der Waals surface area (Å²) in [5.74, 6) is 1.58. The van der Waals surface area contributed by atoms with Gasteiger partial charge in [0.2, 0.25) is 5.91 Å². The highest BCUT2D eigenvalue weighted by Crippen LogP contribution is 2.26. The molecule has 45 heavy (non-hydrogen) atoms. The molecule has 0 bridgehead atoms. The van der Waals surface area contributed by atoms with Crippen LogP contribution in [-0.4, -0.2) is 72.3 Å². The number of ether oxygens (including phenoxy) is 3. The largest absolute Gasteiger partial charge is 0.379 e. The topological polar surface area (TPSA) is 113 Å². The summed E-state index contributed by atoms with van der Waals surface area (Å²) >= 11 is 0. The van der Waals surface area contributed by atoms with Gasteiger partial charge in [0, 0.05) is 49.3 Å². The lowest BCUT2D eigenvalue weighted by Gasteiger charge is -2.21. The van der Waals surface area contributed by atoms with E-state index in [1.54, 1.807) is 6.92 Å². The molecule has 1 aliphatic rings. The lowest BCUT2D eigenvalue weighted by molar-refractivity contribution is -0.123. The van der Waals surface area contributed by atoms with Gasteiger partial charge < -0.3 is 24.3 Å². The lowest BCUT2D eigenvalue weighted by Crippen LogP contribution is -2.36. The van der Waals surface area contributed by atoms with E-state index in [-0.39, 0.29) is 23.7 Å². The maximum atomic E-state index is 12.9. The number of carbonyl (C=O) groups excluding carboxylic acids is 2. The highest BCUT2D eigenvalue weighted by Gasteiger charge is 2.19. The van der Waals surface area contributed by atoms with Crippen molar-refractivity contribution in [3.05, 3.63) is 52.9 Å². The fourth-order valence-electron chi connectivity index (χ4n) is 5.66. The first-order valence-corrected chi connectivity index (χ1v) is 17.1. The van der Waals surface area contributed by atoms with Gasteiger partial charge in [0.05, 0.1) is 33.0 Å². The molecule has 2 atom stereocenters. The number of fused-ring (bicyclic) bond motifs is 1. The highest BCUT2D eigenvalue weighted by molar-refractivity contribution is 5.76. The van der Waals surface area contributed by atoms with Crippen molar-refractivity contribution in [1.82, 2.24) is 20.3 Å². The first kappa shape index (κ1) is 36.7. The van der Waals surface area contributed by atoms with Crippen LogP contribution in [0.1, 0.15) is 113 Å². The van der Waals surface area contributed by atoms with Gasteiger partial charge in [-0.1, -0.05) is 26.3 Å². The van der Waals surface area contributed by atoms with Crippen molar-refractivity contribution in [2.75, 3.05) is 39.6 Å². The van der Waals surface area contributed by atoms with Crippen LogP contribution in [0.3, 0.4) is 0 Å². The van der Waals surface area contributed by atoms with E-state index in [0.29, 0.717) is 51.8 Å².